The number of fused-ring (bicyclic) bond motifs is 1. The molecule has 2 aromatic carbocycles. The highest BCUT2D eigenvalue weighted by Gasteiger charge is 2.31. The van der Waals surface area contributed by atoms with Gasteiger partial charge in [0.15, 0.2) is 0 Å². The number of hydrogen-bond acceptors (Lipinski definition) is 5. The average molecular weight is 414 g/mol. The fraction of sp³-hybridized carbons (Fsp3) is 0.211. The van der Waals surface area contributed by atoms with E-state index in [1.807, 2.05) is 24.3 Å². The lowest BCUT2D eigenvalue weighted by molar-refractivity contribution is -0.384. The number of amides is 1. The number of aromatic amines is 1. The maximum atomic E-state index is 12.8. The molecule has 4 rings (SSSR count). The molecule has 9 nitrogen and oxygen atoms in total. The van der Waals surface area contributed by atoms with Crippen molar-refractivity contribution in [3.8, 4) is 0 Å². The number of hydrogen-bond donors (Lipinski definition) is 1. The molecular weight excluding hydrogens is 396 g/mol. The van der Waals surface area contributed by atoms with Crippen LogP contribution in [0.25, 0.3) is 10.9 Å². The van der Waals surface area contributed by atoms with E-state index < -0.39 is 14.9 Å². The number of para-hydroxylation sites is 1. The average Bonchev–Trinajstić information content (AvgIpc) is 3.17. The standard InChI is InChI=1S/C19H18N4O5S/c24-19(18-13-14-3-1-2-4-17(14)20-18)21-9-11-22(12-10-21)29(27,28)16-7-5-15(6-8-16)23(25)26/h1-8,13,20H,9-12H2. The zero-order valence-corrected chi connectivity index (χ0v) is 16.1. The normalized spacial score (nSPS) is 15.5. The Kier molecular flexibility index (Phi) is 4.81. The first-order chi connectivity index (χ1) is 13.9. The molecule has 1 aliphatic rings. The number of piperazine rings is 1. The molecule has 0 atom stereocenters. The minimum absolute atomic E-state index is 0.00139. The van der Waals surface area contributed by atoms with Crippen molar-refractivity contribution < 1.29 is 18.1 Å². The topological polar surface area (TPSA) is 117 Å². The van der Waals surface area contributed by atoms with E-state index in [0.29, 0.717) is 5.69 Å². The van der Waals surface area contributed by atoms with Crippen molar-refractivity contribution in [3.63, 3.8) is 0 Å². The van der Waals surface area contributed by atoms with Gasteiger partial charge in [0.1, 0.15) is 5.69 Å². The highest BCUT2D eigenvalue weighted by atomic mass is 32.2. The van der Waals surface area contributed by atoms with E-state index in [0.717, 1.165) is 10.9 Å². The van der Waals surface area contributed by atoms with Crippen LogP contribution in [-0.4, -0.2) is 59.6 Å². The molecule has 0 aliphatic carbocycles. The maximum Gasteiger partial charge on any atom is 0.270 e. The van der Waals surface area contributed by atoms with Gasteiger partial charge in [0, 0.05) is 49.2 Å². The maximum absolute atomic E-state index is 12.8. The van der Waals surface area contributed by atoms with Crippen LogP contribution in [0.1, 0.15) is 10.5 Å². The summed E-state index contributed by atoms with van der Waals surface area (Å²) in [6.45, 7) is 0.845. The van der Waals surface area contributed by atoms with Gasteiger partial charge in [-0.2, -0.15) is 4.31 Å². The van der Waals surface area contributed by atoms with E-state index in [2.05, 4.69) is 4.98 Å². The zero-order valence-electron chi connectivity index (χ0n) is 15.3. The molecule has 0 bridgehead atoms. The first-order valence-corrected chi connectivity index (χ1v) is 10.4. The predicted molar refractivity (Wildman–Crippen MR) is 106 cm³/mol. The lowest BCUT2D eigenvalue weighted by Gasteiger charge is -2.33. The predicted octanol–water partition coefficient (Wildman–Crippen LogP) is 2.22. The third-order valence-electron chi connectivity index (χ3n) is 4.97. The van der Waals surface area contributed by atoms with Crippen LogP contribution in [0.2, 0.25) is 0 Å². The monoisotopic (exact) mass is 414 g/mol. The van der Waals surface area contributed by atoms with E-state index in [1.165, 1.54) is 28.6 Å². The molecule has 1 amide bonds. The molecule has 0 unspecified atom stereocenters. The highest BCUT2D eigenvalue weighted by molar-refractivity contribution is 7.89. The van der Waals surface area contributed by atoms with Gasteiger partial charge in [0.2, 0.25) is 10.0 Å². The number of benzene rings is 2. The zero-order chi connectivity index (χ0) is 20.6. The Morgan fingerprint density at radius 1 is 1.00 bits per heavy atom. The summed E-state index contributed by atoms with van der Waals surface area (Å²) in [5.74, 6) is -0.173. The molecule has 2 heterocycles. The molecule has 0 saturated carbocycles. The number of nitro benzene ring substituents is 1. The number of carbonyl (C=O) groups is 1. The van der Waals surface area contributed by atoms with Crippen molar-refractivity contribution in [1.82, 2.24) is 14.2 Å². The first kappa shape index (κ1) is 19.1. The van der Waals surface area contributed by atoms with E-state index in [-0.39, 0.29) is 42.7 Å². The number of nitrogens with zero attached hydrogens (tertiary/aromatic N) is 3. The summed E-state index contributed by atoms with van der Waals surface area (Å²) in [5.41, 5.74) is 1.17. The Hall–Kier alpha value is -3.24. The second kappa shape index (κ2) is 7.30. The van der Waals surface area contributed by atoms with Crippen LogP contribution in [-0.2, 0) is 10.0 Å². The highest BCUT2D eigenvalue weighted by Crippen LogP contribution is 2.22. The molecule has 1 aliphatic heterocycles. The third kappa shape index (κ3) is 3.59. The SMILES string of the molecule is O=C(c1cc2ccccc2[nH]1)N1CCN(S(=O)(=O)c2ccc([N+](=O)[O-])cc2)CC1. The summed E-state index contributed by atoms with van der Waals surface area (Å²) < 4.78 is 26.9. The molecule has 0 radical (unpaired) electrons. The van der Waals surface area contributed by atoms with Crippen molar-refractivity contribution in [2.75, 3.05) is 26.2 Å². The van der Waals surface area contributed by atoms with Gasteiger partial charge >= 0.3 is 0 Å². The molecule has 3 aromatic rings. The molecule has 10 heteroatoms. The quantitative estimate of drug-likeness (QED) is 0.519. The van der Waals surface area contributed by atoms with Crippen LogP contribution >= 0.6 is 0 Å². The largest absolute Gasteiger partial charge is 0.351 e. The van der Waals surface area contributed by atoms with E-state index in [4.69, 9.17) is 0 Å². The van der Waals surface area contributed by atoms with Gasteiger partial charge in [-0.15, -0.1) is 0 Å². The number of sulfonamides is 1. The molecule has 0 spiro atoms. The summed E-state index contributed by atoms with van der Waals surface area (Å²) in [6, 6.07) is 14.2. The van der Waals surface area contributed by atoms with Crippen molar-refractivity contribution >= 4 is 32.5 Å². The number of non-ortho nitro benzene ring substituents is 1. The summed E-state index contributed by atoms with van der Waals surface area (Å²) in [7, 11) is -3.77. The molecular formula is C19H18N4O5S. The van der Waals surface area contributed by atoms with Gasteiger partial charge in [-0.05, 0) is 24.3 Å². The molecule has 29 heavy (non-hydrogen) atoms. The van der Waals surface area contributed by atoms with Gasteiger partial charge in [0.05, 0.1) is 9.82 Å². The number of carbonyl (C=O) groups excluding carboxylic acids is 1. The van der Waals surface area contributed by atoms with Crippen LogP contribution in [0.15, 0.2) is 59.5 Å². The minimum atomic E-state index is -3.77. The number of nitro groups is 1. The Labute approximate surface area is 166 Å². The van der Waals surface area contributed by atoms with E-state index in [1.54, 1.807) is 11.0 Å². The van der Waals surface area contributed by atoms with E-state index in [9.17, 15) is 23.3 Å². The fourth-order valence-electron chi connectivity index (χ4n) is 3.38. The van der Waals surface area contributed by atoms with Gasteiger partial charge in [0.25, 0.3) is 11.6 Å². The van der Waals surface area contributed by atoms with Gasteiger partial charge < -0.3 is 9.88 Å². The van der Waals surface area contributed by atoms with Gasteiger partial charge in [-0.3, -0.25) is 14.9 Å². The van der Waals surface area contributed by atoms with Gasteiger partial charge in [-0.1, -0.05) is 18.2 Å². The minimum Gasteiger partial charge on any atom is -0.351 e. The lowest BCUT2D eigenvalue weighted by Crippen LogP contribution is -2.50. The van der Waals surface area contributed by atoms with Crippen LogP contribution < -0.4 is 0 Å². The van der Waals surface area contributed by atoms with Crippen LogP contribution in [0.5, 0.6) is 0 Å². The van der Waals surface area contributed by atoms with Crippen molar-refractivity contribution in [2.45, 2.75) is 4.90 Å². The second-order valence-corrected chi connectivity index (χ2v) is 8.66. The molecule has 1 saturated heterocycles. The third-order valence-corrected chi connectivity index (χ3v) is 6.88. The number of nitrogens with one attached hydrogen (secondary N) is 1. The van der Waals surface area contributed by atoms with Crippen LogP contribution in [0, 0.1) is 10.1 Å². The van der Waals surface area contributed by atoms with Crippen molar-refractivity contribution in [3.05, 3.63) is 70.4 Å². The molecule has 1 N–H and O–H groups in total. The summed E-state index contributed by atoms with van der Waals surface area (Å²) >= 11 is 0. The Bertz CT molecular complexity index is 1150. The summed E-state index contributed by atoms with van der Waals surface area (Å²) in [5, 5.41) is 11.7. The first-order valence-electron chi connectivity index (χ1n) is 8.98. The Morgan fingerprint density at radius 2 is 1.66 bits per heavy atom. The summed E-state index contributed by atoms with van der Waals surface area (Å²) in [6.07, 6.45) is 0. The van der Waals surface area contributed by atoms with E-state index >= 15 is 0 Å². The molecule has 1 fully saturated rings. The van der Waals surface area contributed by atoms with Gasteiger partial charge in [-0.25, -0.2) is 8.42 Å². The lowest BCUT2D eigenvalue weighted by atomic mass is 10.2. The fourth-order valence-corrected chi connectivity index (χ4v) is 4.80. The Balaban J connectivity index is 1.45. The van der Waals surface area contributed by atoms with Crippen LogP contribution in [0.3, 0.4) is 0 Å². The number of H-pyrrole nitrogens is 1. The number of rotatable bonds is 4. The van der Waals surface area contributed by atoms with Crippen molar-refractivity contribution in [1.29, 1.82) is 0 Å². The van der Waals surface area contributed by atoms with Crippen LogP contribution in [0.4, 0.5) is 5.69 Å². The Morgan fingerprint density at radius 3 is 2.28 bits per heavy atom. The second-order valence-electron chi connectivity index (χ2n) is 6.72. The summed E-state index contributed by atoms with van der Waals surface area (Å²) in [4.78, 5) is 27.6. The molecule has 1 aromatic heterocycles. The number of aromatic nitrogens is 1. The molecule has 150 valence electrons. The smallest absolute Gasteiger partial charge is 0.270 e. The van der Waals surface area contributed by atoms with Crippen molar-refractivity contribution in [2.24, 2.45) is 0 Å².